The molecule has 0 spiro atoms. The summed E-state index contributed by atoms with van der Waals surface area (Å²) in [7, 11) is 0.158. The third-order valence-electron chi connectivity index (χ3n) is 4.70. The van der Waals surface area contributed by atoms with Crippen LogP contribution in [0.15, 0.2) is 33.7 Å². The molecule has 0 aliphatic carbocycles. The molecule has 2 heterocycles. The highest BCUT2D eigenvalue weighted by molar-refractivity contribution is 7.89. The number of nitrogens with zero attached hydrogens (tertiary/aromatic N) is 4. The highest BCUT2D eigenvalue weighted by Crippen LogP contribution is 2.24. The number of aromatic nitrogens is 1. The van der Waals surface area contributed by atoms with Crippen molar-refractivity contribution >= 4 is 21.6 Å². The first-order valence-corrected chi connectivity index (χ1v) is 10.2. The van der Waals surface area contributed by atoms with E-state index in [-0.39, 0.29) is 29.7 Å². The van der Waals surface area contributed by atoms with Crippen molar-refractivity contribution < 1.29 is 17.7 Å². The number of hydrogen-bond acceptors (Lipinski definition) is 6. The molecule has 0 N–H and O–H groups in total. The maximum Gasteiger partial charge on any atom is 0.254 e. The van der Waals surface area contributed by atoms with Gasteiger partial charge in [-0.25, -0.2) is 8.42 Å². The fraction of sp³-hybridized carbons (Fsp3) is 0.444. The topological polar surface area (TPSA) is 87.0 Å². The monoisotopic (exact) mass is 392 g/mol. The molecule has 1 amide bonds. The van der Waals surface area contributed by atoms with Gasteiger partial charge in [-0.15, -0.1) is 0 Å². The van der Waals surface area contributed by atoms with Crippen molar-refractivity contribution in [3.63, 3.8) is 0 Å². The van der Waals surface area contributed by atoms with Crippen LogP contribution in [-0.4, -0.2) is 69.0 Å². The highest BCUT2D eigenvalue weighted by Gasteiger charge is 2.34. The molecule has 0 bridgehead atoms. The Kier molecular flexibility index (Phi) is 5.25. The summed E-state index contributed by atoms with van der Waals surface area (Å²) in [6, 6.07) is 7.41. The molecule has 1 aliphatic rings. The summed E-state index contributed by atoms with van der Waals surface area (Å²) in [4.78, 5) is 16.5. The zero-order valence-electron chi connectivity index (χ0n) is 16.0. The lowest BCUT2D eigenvalue weighted by Gasteiger charge is -2.34. The van der Waals surface area contributed by atoms with Crippen molar-refractivity contribution in [2.24, 2.45) is 0 Å². The molecule has 0 unspecified atom stereocenters. The van der Waals surface area contributed by atoms with Crippen LogP contribution in [0.3, 0.4) is 0 Å². The van der Waals surface area contributed by atoms with Gasteiger partial charge in [-0.2, -0.15) is 4.31 Å². The third kappa shape index (κ3) is 3.70. The first-order valence-electron chi connectivity index (χ1n) is 8.71. The standard InChI is InChI=1S/C18H24N4O4S/c1-13-17(14(2)26-19-13)27(24,25)22-10-8-21(9-11-22)18(23)15-6-5-7-16(12-15)20(3)4/h5-7,12H,8-11H2,1-4H3. The van der Waals surface area contributed by atoms with E-state index in [9.17, 15) is 13.2 Å². The number of hydrogen-bond donors (Lipinski definition) is 0. The summed E-state index contributed by atoms with van der Waals surface area (Å²) in [6.45, 7) is 4.36. The molecule has 0 saturated carbocycles. The van der Waals surface area contributed by atoms with E-state index in [1.54, 1.807) is 24.8 Å². The molecule has 3 rings (SSSR count). The number of carbonyl (C=O) groups is 1. The van der Waals surface area contributed by atoms with Crippen LogP contribution in [-0.2, 0) is 10.0 Å². The molecule has 1 aromatic carbocycles. The van der Waals surface area contributed by atoms with E-state index in [2.05, 4.69) is 5.16 Å². The van der Waals surface area contributed by atoms with Gasteiger partial charge in [-0.3, -0.25) is 4.79 Å². The molecule has 0 radical (unpaired) electrons. The van der Waals surface area contributed by atoms with E-state index >= 15 is 0 Å². The van der Waals surface area contributed by atoms with E-state index in [1.165, 1.54) is 4.31 Å². The molecule has 1 aromatic heterocycles. The van der Waals surface area contributed by atoms with Gasteiger partial charge in [0.05, 0.1) is 0 Å². The minimum Gasteiger partial charge on any atom is -0.378 e. The van der Waals surface area contributed by atoms with E-state index in [0.29, 0.717) is 24.3 Å². The lowest BCUT2D eigenvalue weighted by molar-refractivity contribution is 0.0698. The molecule has 2 aromatic rings. The Morgan fingerprint density at radius 2 is 1.81 bits per heavy atom. The van der Waals surface area contributed by atoms with Gasteiger partial charge in [0.2, 0.25) is 10.0 Å². The van der Waals surface area contributed by atoms with Crippen LogP contribution in [0.5, 0.6) is 0 Å². The van der Waals surface area contributed by atoms with Gasteiger partial charge in [0.1, 0.15) is 10.6 Å². The second-order valence-corrected chi connectivity index (χ2v) is 8.67. The number of carbonyl (C=O) groups excluding carboxylic acids is 1. The van der Waals surface area contributed by atoms with Gasteiger partial charge < -0.3 is 14.3 Å². The molecule has 9 heteroatoms. The van der Waals surface area contributed by atoms with Crippen LogP contribution in [0.1, 0.15) is 21.8 Å². The summed E-state index contributed by atoms with van der Waals surface area (Å²) < 4.78 is 32.1. The van der Waals surface area contributed by atoms with Gasteiger partial charge in [-0.1, -0.05) is 11.2 Å². The lowest BCUT2D eigenvalue weighted by atomic mass is 10.1. The van der Waals surface area contributed by atoms with E-state index in [4.69, 9.17) is 4.52 Å². The second kappa shape index (κ2) is 7.32. The number of benzene rings is 1. The van der Waals surface area contributed by atoms with Gasteiger partial charge in [0.25, 0.3) is 5.91 Å². The Morgan fingerprint density at radius 1 is 1.15 bits per heavy atom. The van der Waals surface area contributed by atoms with Crippen LogP contribution in [0.2, 0.25) is 0 Å². The van der Waals surface area contributed by atoms with Crippen LogP contribution in [0.25, 0.3) is 0 Å². The van der Waals surface area contributed by atoms with Crippen LogP contribution >= 0.6 is 0 Å². The van der Waals surface area contributed by atoms with E-state index < -0.39 is 10.0 Å². The Bertz CT molecular complexity index is 925. The number of anilines is 1. The van der Waals surface area contributed by atoms with Gasteiger partial charge >= 0.3 is 0 Å². The van der Waals surface area contributed by atoms with Crippen molar-refractivity contribution in [1.82, 2.24) is 14.4 Å². The first kappa shape index (κ1) is 19.4. The first-order chi connectivity index (χ1) is 12.7. The normalized spacial score (nSPS) is 15.8. The highest BCUT2D eigenvalue weighted by atomic mass is 32.2. The molecular formula is C18H24N4O4S. The Morgan fingerprint density at radius 3 is 2.37 bits per heavy atom. The van der Waals surface area contributed by atoms with Crippen LogP contribution in [0.4, 0.5) is 5.69 Å². The molecule has 1 aliphatic heterocycles. The molecule has 8 nitrogen and oxygen atoms in total. The van der Waals surface area contributed by atoms with E-state index in [1.807, 2.05) is 37.2 Å². The predicted molar refractivity (Wildman–Crippen MR) is 101 cm³/mol. The Hall–Kier alpha value is -2.39. The van der Waals surface area contributed by atoms with E-state index in [0.717, 1.165) is 5.69 Å². The smallest absolute Gasteiger partial charge is 0.254 e. The maximum atomic E-state index is 12.9. The minimum absolute atomic E-state index is 0.0897. The van der Waals surface area contributed by atoms with Crippen molar-refractivity contribution in [2.75, 3.05) is 45.2 Å². The fourth-order valence-electron chi connectivity index (χ4n) is 3.20. The molecule has 1 saturated heterocycles. The van der Waals surface area contributed by atoms with Crippen molar-refractivity contribution in [1.29, 1.82) is 0 Å². The summed E-state index contributed by atoms with van der Waals surface area (Å²) in [5, 5.41) is 3.73. The zero-order chi connectivity index (χ0) is 19.8. The molecule has 1 fully saturated rings. The number of amides is 1. The van der Waals surface area contributed by atoms with Crippen molar-refractivity contribution in [2.45, 2.75) is 18.7 Å². The molecular weight excluding hydrogens is 368 g/mol. The molecule has 0 atom stereocenters. The number of rotatable bonds is 4. The third-order valence-corrected chi connectivity index (χ3v) is 6.84. The minimum atomic E-state index is -3.68. The van der Waals surface area contributed by atoms with Gasteiger partial charge in [0.15, 0.2) is 5.76 Å². The fourth-order valence-corrected chi connectivity index (χ4v) is 4.92. The van der Waals surface area contributed by atoms with Crippen molar-refractivity contribution in [3.8, 4) is 0 Å². The zero-order valence-corrected chi connectivity index (χ0v) is 16.8. The average Bonchev–Trinajstić information content (AvgIpc) is 3.00. The number of piperazine rings is 1. The molecule has 146 valence electrons. The summed E-state index contributed by atoms with van der Waals surface area (Å²) in [6.07, 6.45) is 0. The predicted octanol–water partition coefficient (Wildman–Crippen LogP) is 1.50. The summed E-state index contributed by atoms with van der Waals surface area (Å²) in [5.74, 6) is 0.194. The SMILES string of the molecule is Cc1noc(C)c1S(=O)(=O)N1CCN(C(=O)c2cccc(N(C)C)c2)CC1. The second-order valence-electron chi connectivity index (χ2n) is 6.79. The quantitative estimate of drug-likeness (QED) is 0.784. The Balaban J connectivity index is 1.72. The number of sulfonamides is 1. The van der Waals surface area contributed by atoms with Gasteiger partial charge in [-0.05, 0) is 32.0 Å². The largest absolute Gasteiger partial charge is 0.378 e. The van der Waals surface area contributed by atoms with Crippen molar-refractivity contribution in [3.05, 3.63) is 41.3 Å². The number of aryl methyl sites for hydroxylation is 2. The van der Waals surface area contributed by atoms with Crippen LogP contribution in [0, 0.1) is 13.8 Å². The Labute approximate surface area is 159 Å². The lowest BCUT2D eigenvalue weighted by Crippen LogP contribution is -2.50. The average molecular weight is 392 g/mol. The molecule has 27 heavy (non-hydrogen) atoms. The van der Waals surface area contributed by atoms with Crippen LogP contribution < -0.4 is 4.90 Å². The summed E-state index contributed by atoms with van der Waals surface area (Å²) in [5.41, 5.74) is 1.90. The van der Waals surface area contributed by atoms with Gasteiger partial charge in [0, 0.05) is 51.5 Å². The summed E-state index contributed by atoms with van der Waals surface area (Å²) >= 11 is 0. The maximum absolute atomic E-state index is 12.9.